The quantitative estimate of drug-likeness (QED) is 0.129. The Morgan fingerprint density at radius 1 is 0.894 bits per heavy atom. The Hall–Kier alpha value is -3.44. The van der Waals surface area contributed by atoms with Crippen molar-refractivity contribution in [3.8, 4) is 0 Å². The number of rotatable bonds is 3. The number of ether oxygens (including phenoxy) is 2. The number of hydrogen-bond donors (Lipinski definition) is 6. The average molecular weight is 701 g/mol. The number of fused-ring (bicyclic) bond motifs is 5. The summed E-state index contributed by atoms with van der Waals surface area (Å²) in [7, 11) is -6.64. The normalized spacial score (nSPS) is 36.7. The van der Waals surface area contributed by atoms with Gasteiger partial charge in [-0.3, -0.25) is 37.0 Å². The Morgan fingerprint density at radius 3 is 2.32 bits per heavy atom. The summed E-state index contributed by atoms with van der Waals surface area (Å²) in [5, 5.41) is 22.6. The minimum atomic E-state index is -5.03. The molecule has 0 saturated carbocycles. The number of nitrogens with one attached hydrogen (secondary N) is 1. The fourth-order valence-corrected chi connectivity index (χ4v) is 7.82. The Bertz CT molecular complexity index is 1990. The second-order valence-corrected chi connectivity index (χ2v) is 14.6. The molecule has 4 aromatic heterocycles. The van der Waals surface area contributed by atoms with Gasteiger partial charge in [0.05, 0.1) is 25.9 Å². The van der Waals surface area contributed by atoms with Gasteiger partial charge in [0, 0.05) is 0 Å². The van der Waals surface area contributed by atoms with Crippen LogP contribution in [-0.2, 0) is 36.7 Å². The van der Waals surface area contributed by atoms with Gasteiger partial charge in [-0.15, -0.1) is 0 Å². The van der Waals surface area contributed by atoms with E-state index in [0.717, 1.165) is 4.67 Å². The first kappa shape index (κ1) is 32.1. The molecule has 7 heterocycles. The van der Waals surface area contributed by atoms with E-state index in [9.17, 15) is 29.0 Å². The van der Waals surface area contributed by atoms with Crippen molar-refractivity contribution < 1.29 is 51.8 Å². The summed E-state index contributed by atoms with van der Waals surface area (Å²) in [4.78, 5) is 45.7. The van der Waals surface area contributed by atoms with Gasteiger partial charge in [-0.1, -0.05) is 0 Å². The lowest BCUT2D eigenvalue weighted by Gasteiger charge is -2.31. The highest BCUT2D eigenvalue weighted by atomic mass is 31.2. The molecular weight excluding hydrogens is 672 g/mol. The predicted octanol–water partition coefficient (Wildman–Crippen LogP) is -1.77. The topological polar surface area (TPSA) is 313 Å². The fourth-order valence-electron chi connectivity index (χ4n) is 5.51. The lowest BCUT2D eigenvalue weighted by molar-refractivity contribution is -0.0652. The molecule has 25 heteroatoms. The Kier molecular flexibility index (Phi) is 7.94. The first-order chi connectivity index (χ1) is 22.3. The number of anilines is 2. The highest BCUT2D eigenvalue weighted by Gasteiger charge is 2.54. The van der Waals surface area contributed by atoms with E-state index in [2.05, 4.69) is 29.9 Å². The van der Waals surface area contributed by atoms with Crippen molar-refractivity contribution in [1.82, 2.24) is 43.7 Å². The third-order valence-electron chi connectivity index (χ3n) is 7.81. The molecule has 7 rings (SSSR count). The summed E-state index contributed by atoms with van der Waals surface area (Å²) in [6, 6.07) is 0. The lowest BCUT2D eigenvalue weighted by atomic mass is 10.1. The van der Waals surface area contributed by atoms with Crippen molar-refractivity contribution in [3.05, 3.63) is 29.3 Å². The van der Waals surface area contributed by atoms with E-state index in [1.54, 1.807) is 0 Å². The molecule has 47 heavy (non-hydrogen) atoms. The first-order valence-corrected chi connectivity index (χ1v) is 16.8. The number of nitrogen functional groups attached to an aromatic ring is 2. The monoisotopic (exact) mass is 701 g/mol. The van der Waals surface area contributed by atoms with Gasteiger partial charge < -0.3 is 36.0 Å². The van der Waals surface area contributed by atoms with E-state index in [4.69, 9.17) is 39.0 Å². The number of nitrogens with two attached hydrogens (primary N) is 2. The Labute approximate surface area is 262 Å². The summed E-state index contributed by atoms with van der Waals surface area (Å²) < 4.78 is 65.4. The SMILES string of the molecule is CN(C)P1(=O)OC[C@H]2O[C@@H](n3cnc4c(N)ncnc43)C(O)[C@H]2OP(=O)(O)OC[C@H]2O[C@@H](n3cnc4c(=O)[nH]c(N)nc43)[C@@H](O1)C2O. The summed E-state index contributed by atoms with van der Waals surface area (Å²) >= 11 is 0. The minimum absolute atomic E-state index is 0.0576. The number of hydrogen-bond acceptors (Lipinski definition) is 18. The number of aromatic nitrogens is 8. The molecular formula is C22H29N11O12P2. The van der Waals surface area contributed by atoms with Crippen LogP contribution < -0.4 is 17.0 Å². The maximum Gasteiger partial charge on any atom is 0.472 e. The molecule has 3 saturated heterocycles. The highest BCUT2D eigenvalue weighted by Crippen LogP contribution is 2.56. The highest BCUT2D eigenvalue weighted by molar-refractivity contribution is 7.51. The Balaban J connectivity index is 1.24. The van der Waals surface area contributed by atoms with E-state index < -0.39 is 83.4 Å². The van der Waals surface area contributed by atoms with Gasteiger partial charge in [0.2, 0.25) is 5.95 Å². The van der Waals surface area contributed by atoms with Crippen molar-refractivity contribution >= 4 is 49.7 Å². The van der Waals surface area contributed by atoms with Crippen LogP contribution >= 0.6 is 15.6 Å². The molecule has 3 fully saturated rings. The number of phosphoric acid groups is 1. The second-order valence-electron chi connectivity index (χ2n) is 11.0. The Morgan fingerprint density at radius 2 is 1.57 bits per heavy atom. The number of phosphoric ester groups is 1. The van der Waals surface area contributed by atoms with Gasteiger partial charge in [-0.2, -0.15) is 4.98 Å². The minimum Gasteiger partial charge on any atom is -0.387 e. The fraction of sp³-hybridized carbons (Fsp3) is 0.545. The number of H-pyrrole nitrogens is 1. The van der Waals surface area contributed by atoms with Crippen LogP contribution in [0.2, 0.25) is 0 Å². The van der Waals surface area contributed by atoms with Crippen molar-refractivity contribution in [2.24, 2.45) is 0 Å². The van der Waals surface area contributed by atoms with Gasteiger partial charge in [0.1, 0.15) is 48.5 Å². The van der Waals surface area contributed by atoms with E-state index in [0.29, 0.717) is 0 Å². The molecule has 0 spiro atoms. The summed E-state index contributed by atoms with van der Waals surface area (Å²) in [5.74, 6) is -0.179. The van der Waals surface area contributed by atoms with Crippen molar-refractivity contribution in [2.75, 3.05) is 38.8 Å². The van der Waals surface area contributed by atoms with Gasteiger partial charge in [0.25, 0.3) is 5.56 Å². The molecule has 0 aliphatic carbocycles. The van der Waals surface area contributed by atoms with E-state index in [-0.39, 0.29) is 34.1 Å². The van der Waals surface area contributed by atoms with Crippen LogP contribution in [0.1, 0.15) is 12.5 Å². The van der Waals surface area contributed by atoms with Crippen LogP contribution in [0, 0.1) is 0 Å². The predicted molar refractivity (Wildman–Crippen MR) is 155 cm³/mol. The van der Waals surface area contributed by atoms with E-state index in [1.165, 1.54) is 42.2 Å². The zero-order valence-corrected chi connectivity index (χ0v) is 26.2. The van der Waals surface area contributed by atoms with Crippen molar-refractivity contribution in [1.29, 1.82) is 0 Å². The van der Waals surface area contributed by atoms with Gasteiger partial charge in [-0.25, -0.2) is 33.7 Å². The molecule has 8 N–H and O–H groups in total. The van der Waals surface area contributed by atoms with Gasteiger partial charge >= 0.3 is 15.6 Å². The molecule has 0 amide bonds. The average Bonchev–Trinajstić information content (AvgIpc) is 3.76. The molecule has 4 aromatic rings. The molecule has 254 valence electrons. The second kappa shape index (κ2) is 11.6. The van der Waals surface area contributed by atoms with Crippen LogP contribution in [0.5, 0.6) is 0 Å². The number of nitrogens with zero attached hydrogens (tertiary/aromatic N) is 8. The van der Waals surface area contributed by atoms with Crippen LogP contribution in [0.3, 0.4) is 0 Å². The molecule has 4 unspecified atom stereocenters. The van der Waals surface area contributed by atoms with Crippen LogP contribution in [0.15, 0.2) is 23.8 Å². The standard InChI is InChI=1S/C22H29N11O12P2/c1-31(2)46(37)40-4-9-14(13(35)20(43-9)32-6-27-10-16(23)25-5-26-17(10)32)45-47(38,39)41-3-8-12(34)15(44-46)21(42-8)33-7-28-11-18(33)29-22(24)30-19(11)36/h5-9,12-15,20-21,34-35H,3-4H2,1-2H3,(H,38,39)(H2,23,25,26)(H3,24,29,30,36)/t8-,9-,12?,13?,14+,15+,20-,21-,46?/m1/s1. The maximum atomic E-state index is 14.3. The molecule has 2 bridgehead atoms. The third-order valence-corrected chi connectivity index (χ3v) is 10.8. The largest absolute Gasteiger partial charge is 0.472 e. The molecule has 3 aliphatic heterocycles. The smallest absolute Gasteiger partial charge is 0.387 e. The third kappa shape index (κ3) is 5.53. The molecule has 23 nitrogen and oxygen atoms in total. The molecule has 0 radical (unpaired) electrons. The van der Waals surface area contributed by atoms with Gasteiger partial charge in [-0.05, 0) is 14.1 Å². The molecule has 0 aromatic carbocycles. The van der Waals surface area contributed by atoms with Crippen molar-refractivity contribution in [3.63, 3.8) is 0 Å². The number of aliphatic hydroxyl groups excluding tert-OH is 2. The number of aliphatic hydroxyl groups is 2. The van der Waals surface area contributed by atoms with Gasteiger partial charge in [0.15, 0.2) is 35.1 Å². The first-order valence-electron chi connectivity index (χ1n) is 13.9. The van der Waals surface area contributed by atoms with Crippen LogP contribution in [0.25, 0.3) is 22.3 Å². The maximum absolute atomic E-state index is 14.3. The molecule has 10 atom stereocenters. The lowest BCUT2D eigenvalue weighted by Crippen LogP contribution is -2.37. The van der Waals surface area contributed by atoms with E-state index in [1.807, 2.05) is 0 Å². The zero-order valence-electron chi connectivity index (χ0n) is 24.4. The summed E-state index contributed by atoms with van der Waals surface area (Å²) in [5.41, 5.74) is 11.2. The van der Waals surface area contributed by atoms with Crippen molar-refractivity contribution in [2.45, 2.75) is 49.1 Å². The van der Waals surface area contributed by atoms with Crippen LogP contribution in [0.4, 0.5) is 11.8 Å². The molecule has 3 aliphatic rings. The number of imidazole rings is 2. The van der Waals surface area contributed by atoms with Crippen LogP contribution in [-0.4, -0.2) is 123 Å². The zero-order chi connectivity index (χ0) is 33.4. The van der Waals surface area contributed by atoms with E-state index >= 15 is 0 Å². The number of aromatic amines is 1. The summed E-state index contributed by atoms with van der Waals surface area (Å²) in [6.07, 6.45) is -8.19. The summed E-state index contributed by atoms with van der Waals surface area (Å²) in [6.45, 7) is -1.38.